The van der Waals surface area contributed by atoms with Crippen LogP contribution in [-0.4, -0.2) is 19.5 Å². The van der Waals surface area contributed by atoms with Gasteiger partial charge in [0.1, 0.15) is 11.9 Å². The second kappa shape index (κ2) is 5.66. The van der Waals surface area contributed by atoms with Crippen molar-refractivity contribution in [2.45, 2.75) is 12.5 Å². The highest BCUT2D eigenvalue weighted by atomic mass is 19.1. The van der Waals surface area contributed by atoms with E-state index in [0.29, 0.717) is 5.69 Å². The number of anilines is 1. The molecule has 21 heavy (non-hydrogen) atoms. The number of rotatable bonds is 2. The first-order valence-electron chi connectivity index (χ1n) is 7.02. The SMILES string of the molecule is CN(C(=O)C1NCCc2ccccc21)c1ccccc1F. The number of fused-ring (bicyclic) bond motifs is 1. The molecule has 0 saturated heterocycles. The molecule has 1 heterocycles. The van der Waals surface area contributed by atoms with E-state index in [1.54, 1.807) is 25.2 Å². The molecule has 2 aromatic rings. The summed E-state index contributed by atoms with van der Waals surface area (Å²) < 4.78 is 13.8. The number of amides is 1. The van der Waals surface area contributed by atoms with Crippen LogP contribution in [0.15, 0.2) is 48.5 Å². The zero-order chi connectivity index (χ0) is 14.8. The summed E-state index contributed by atoms with van der Waals surface area (Å²) in [5, 5.41) is 3.23. The Morgan fingerprint density at radius 2 is 1.90 bits per heavy atom. The number of carbonyl (C=O) groups excluding carboxylic acids is 1. The lowest BCUT2D eigenvalue weighted by molar-refractivity contribution is -0.120. The molecule has 0 saturated carbocycles. The third-order valence-corrected chi connectivity index (χ3v) is 3.90. The first-order valence-corrected chi connectivity index (χ1v) is 7.02. The summed E-state index contributed by atoms with van der Waals surface area (Å²) >= 11 is 0. The lowest BCUT2D eigenvalue weighted by atomic mass is 9.93. The van der Waals surface area contributed by atoms with E-state index in [9.17, 15) is 9.18 Å². The second-order valence-corrected chi connectivity index (χ2v) is 5.18. The van der Waals surface area contributed by atoms with Crippen LogP contribution < -0.4 is 10.2 Å². The summed E-state index contributed by atoms with van der Waals surface area (Å²) in [5.41, 5.74) is 2.46. The maximum Gasteiger partial charge on any atom is 0.248 e. The number of benzene rings is 2. The Morgan fingerprint density at radius 3 is 2.71 bits per heavy atom. The molecular weight excluding hydrogens is 267 g/mol. The monoisotopic (exact) mass is 284 g/mol. The van der Waals surface area contributed by atoms with Crippen LogP contribution in [0.5, 0.6) is 0 Å². The van der Waals surface area contributed by atoms with Crippen molar-refractivity contribution in [3.05, 3.63) is 65.5 Å². The average Bonchev–Trinajstić information content (AvgIpc) is 2.53. The Morgan fingerprint density at radius 1 is 1.19 bits per heavy atom. The van der Waals surface area contributed by atoms with Crippen LogP contribution >= 0.6 is 0 Å². The molecule has 0 bridgehead atoms. The average molecular weight is 284 g/mol. The molecule has 0 aliphatic carbocycles. The van der Waals surface area contributed by atoms with Crippen molar-refractivity contribution in [2.24, 2.45) is 0 Å². The number of para-hydroxylation sites is 1. The molecule has 3 nitrogen and oxygen atoms in total. The molecule has 108 valence electrons. The molecule has 1 unspecified atom stereocenters. The summed E-state index contributed by atoms with van der Waals surface area (Å²) in [6, 6.07) is 13.8. The Bertz CT molecular complexity index is 671. The number of nitrogens with one attached hydrogen (secondary N) is 1. The quantitative estimate of drug-likeness (QED) is 0.919. The van der Waals surface area contributed by atoms with Crippen LogP contribution in [0.2, 0.25) is 0 Å². The summed E-state index contributed by atoms with van der Waals surface area (Å²) in [6.07, 6.45) is 0.906. The highest BCUT2D eigenvalue weighted by Crippen LogP contribution is 2.26. The van der Waals surface area contributed by atoms with Crippen molar-refractivity contribution in [3.8, 4) is 0 Å². The van der Waals surface area contributed by atoms with E-state index in [0.717, 1.165) is 18.5 Å². The maximum atomic E-state index is 13.8. The van der Waals surface area contributed by atoms with E-state index in [4.69, 9.17) is 0 Å². The molecule has 1 N–H and O–H groups in total. The van der Waals surface area contributed by atoms with Gasteiger partial charge >= 0.3 is 0 Å². The lowest BCUT2D eigenvalue weighted by Gasteiger charge is -2.29. The molecule has 1 amide bonds. The highest BCUT2D eigenvalue weighted by molar-refractivity contribution is 5.97. The van der Waals surface area contributed by atoms with E-state index < -0.39 is 11.9 Å². The normalized spacial score (nSPS) is 17.1. The Kier molecular flexibility index (Phi) is 3.71. The number of nitrogens with zero attached hydrogens (tertiary/aromatic N) is 1. The van der Waals surface area contributed by atoms with Gasteiger partial charge in [0.2, 0.25) is 5.91 Å². The van der Waals surface area contributed by atoms with Gasteiger partial charge in [-0.25, -0.2) is 4.39 Å². The fourth-order valence-corrected chi connectivity index (χ4v) is 2.76. The van der Waals surface area contributed by atoms with Gasteiger partial charge in [0.05, 0.1) is 5.69 Å². The molecule has 1 aliphatic rings. The topological polar surface area (TPSA) is 32.3 Å². The first-order chi connectivity index (χ1) is 10.2. The van der Waals surface area contributed by atoms with Gasteiger partial charge in [0, 0.05) is 13.6 Å². The molecule has 2 aromatic carbocycles. The van der Waals surface area contributed by atoms with Crippen molar-refractivity contribution in [1.82, 2.24) is 5.32 Å². The van der Waals surface area contributed by atoms with Crippen LogP contribution in [0, 0.1) is 5.82 Å². The predicted molar refractivity (Wildman–Crippen MR) is 80.7 cm³/mol. The van der Waals surface area contributed by atoms with Gasteiger partial charge in [0.15, 0.2) is 0 Å². The Hall–Kier alpha value is -2.20. The van der Waals surface area contributed by atoms with Crippen molar-refractivity contribution in [3.63, 3.8) is 0 Å². The van der Waals surface area contributed by atoms with E-state index in [-0.39, 0.29) is 5.91 Å². The van der Waals surface area contributed by atoms with E-state index in [1.165, 1.54) is 16.5 Å². The minimum atomic E-state index is -0.417. The summed E-state index contributed by atoms with van der Waals surface area (Å²) in [6.45, 7) is 0.749. The third-order valence-electron chi connectivity index (χ3n) is 3.90. The summed E-state index contributed by atoms with van der Waals surface area (Å²) in [5.74, 6) is -0.537. The van der Waals surface area contributed by atoms with Crippen LogP contribution in [0.1, 0.15) is 17.2 Å². The molecule has 1 atom stereocenters. The zero-order valence-corrected chi connectivity index (χ0v) is 11.8. The number of hydrogen-bond acceptors (Lipinski definition) is 2. The van der Waals surface area contributed by atoms with E-state index in [1.807, 2.05) is 24.3 Å². The molecular formula is C17H17FN2O. The van der Waals surface area contributed by atoms with Gasteiger partial charge in [0.25, 0.3) is 0 Å². The number of carbonyl (C=O) groups is 1. The number of likely N-dealkylation sites (N-methyl/N-ethyl adjacent to an activating group) is 1. The van der Waals surface area contributed by atoms with Crippen LogP contribution in [0.25, 0.3) is 0 Å². The lowest BCUT2D eigenvalue weighted by Crippen LogP contribution is -2.42. The Balaban J connectivity index is 1.91. The van der Waals surface area contributed by atoms with E-state index in [2.05, 4.69) is 5.32 Å². The molecule has 1 aliphatic heterocycles. The van der Waals surface area contributed by atoms with Crippen molar-refractivity contribution < 1.29 is 9.18 Å². The van der Waals surface area contributed by atoms with Crippen LogP contribution in [0.3, 0.4) is 0 Å². The summed E-state index contributed by atoms with van der Waals surface area (Å²) in [7, 11) is 1.61. The van der Waals surface area contributed by atoms with Crippen LogP contribution in [-0.2, 0) is 11.2 Å². The van der Waals surface area contributed by atoms with Gasteiger partial charge in [-0.2, -0.15) is 0 Å². The minimum Gasteiger partial charge on any atom is -0.311 e. The molecule has 0 radical (unpaired) electrons. The molecule has 3 rings (SSSR count). The molecule has 0 fully saturated rings. The fraction of sp³-hybridized carbons (Fsp3) is 0.235. The standard InChI is InChI=1S/C17H17FN2O/c1-20(15-9-5-4-8-14(15)18)17(21)16-13-7-3-2-6-12(13)10-11-19-16/h2-9,16,19H,10-11H2,1H3. The Labute approximate surface area is 123 Å². The van der Waals surface area contributed by atoms with Crippen molar-refractivity contribution in [2.75, 3.05) is 18.5 Å². The molecule has 0 aromatic heterocycles. The van der Waals surface area contributed by atoms with Gasteiger partial charge in [-0.05, 0) is 29.7 Å². The first kappa shape index (κ1) is 13.8. The number of halogens is 1. The van der Waals surface area contributed by atoms with Gasteiger partial charge in [-0.1, -0.05) is 36.4 Å². The fourth-order valence-electron chi connectivity index (χ4n) is 2.76. The summed E-state index contributed by atoms with van der Waals surface area (Å²) in [4.78, 5) is 14.1. The molecule has 0 spiro atoms. The van der Waals surface area contributed by atoms with Crippen molar-refractivity contribution in [1.29, 1.82) is 0 Å². The van der Waals surface area contributed by atoms with E-state index >= 15 is 0 Å². The smallest absolute Gasteiger partial charge is 0.248 e. The second-order valence-electron chi connectivity index (χ2n) is 5.18. The van der Waals surface area contributed by atoms with Gasteiger partial charge < -0.3 is 10.2 Å². The highest BCUT2D eigenvalue weighted by Gasteiger charge is 2.29. The zero-order valence-electron chi connectivity index (χ0n) is 11.8. The number of hydrogen-bond donors (Lipinski definition) is 1. The maximum absolute atomic E-state index is 13.8. The third kappa shape index (κ3) is 2.54. The predicted octanol–water partition coefficient (Wildman–Crippen LogP) is 2.68. The minimum absolute atomic E-state index is 0.146. The van der Waals surface area contributed by atoms with Crippen molar-refractivity contribution >= 4 is 11.6 Å². The van der Waals surface area contributed by atoms with Gasteiger partial charge in [-0.3, -0.25) is 4.79 Å². The molecule has 4 heteroatoms. The largest absolute Gasteiger partial charge is 0.311 e. The van der Waals surface area contributed by atoms with Crippen LogP contribution in [0.4, 0.5) is 10.1 Å². The van der Waals surface area contributed by atoms with Gasteiger partial charge in [-0.15, -0.1) is 0 Å².